The number of benzene rings is 1. The number of aliphatic imine (C=N–C) groups is 2. The number of aromatic hydroxyl groups is 1. The number of aliphatic hydroxyl groups is 1. The van der Waals surface area contributed by atoms with Crippen molar-refractivity contribution >= 4 is 35.6 Å². The average Bonchev–Trinajstić information content (AvgIpc) is 2.91. The summed E-state index contributed by atoms with van der Waals surface area (Å²) in [4.78, 5) is 58.4. The van der Waals surface area contributed by atoms with Gasteiger partial charge < -0.3 is 59.9 Å². The van der Waals surface area contributed by atoms with E-state index in [1.807, 2.05) is 0 Å². The number of nitrogens with one attached hydrogen (secondary N) is 3. The van der Waals surface area contributed by atoms with Crippen LogP contribution in [0.1, 0.15) is 38.2 Å². The molecular formula is C25H42N10O7. The minimum Gasteiger partial charge on any atom is -0.508 e. The molecule has 0 aliphatic carbocycles. The van der Waals surface area contributed by atoms with E-state index in [2.05, 4.69) is 25.9 Å². The first-order valence-corrected chi connectivity index (χ1v) is 13.2. The Hall–Kier alpha value is -4.64. The largest absolute Gasteiger partial charge is 0.508 e. The number of hydrogen-bond acceptors (Lipinski definition) is 9. The number of nitrogens with two attached hydrogens (primary N) is 5. The van der Waals surface area contributed by atoms with Gasteiger partial charge in [-0.25, -0.2) is 4.79 Å². The van der Waals surface area contributed by atoms with Crippen LogP contribution >= 0.6 is 0 Å². The molecule has 0 spiro atoms. The predicted octanol–water partition coefficient (Wildman–Crippen LogP) is -3.71. The first-order valence-electron chi connectivity index (χ1n) is 13.2. The molecule has 17 nitrogen and oxygen atoms in total. The Kier molecular flexibility index (Phi) is 15.1. The van der Waals surface area contributed by atoms with E-state index in [-0.39, 0.29) is 56.4 Å². The van der Waals surface area contributed by atoms with Crippen LogP contribution in [0.5, 0.6) is 5.75 Å². The number of phenolic OH excluding ortho intramolecular Hbond substituents is 1. The third-order valence-corrected chi connectivity index (χ3v) is 5.94. The van der Waals surface area contributed by atoms with Crippen LogP contribution in [0.4, 0.5) is 0 Å². The topological polar surface area (TPSA) is 320 Å². The second-order valence-corrected chi connectivity index (χ2v) is 9.56. The average molecular weight is 595 g/mol. The first kappa shape index (κ1) is 35.4. The third-order valence-electron chi connectivity index (χ3n) is 5.94. The van der Waals surface area contributed by atoms with E-state index >= 15 is 0 Å². The van der Waals surface area contributed by atoms with Gasteiger partial charge in [-0.05, 0) is 50.3 Å². The Labute approximate surface area is 243 Å². The van der Waals surface area contributed by atoms with E-state index < -0.39 is 54.0 Å². The minimum absolute atomic E-state index is 0.00924. The SMILES string of the molecule is CC(O)C(NC(=O)C(N)CCCN=C(N)N)C(=O)NC(CCCN=C(N)N)C(=O)NC(Cc1ccc(O)cc1)C(=O)O. The molecule has 0 fully saturated rings. The summed E-state index contributed by atoms with van der Waals surface area (Å²) in [5, 5.41) is 36.6. The van der Waals surface area contributed by atoms with Crippen molar-refractivity contribution in [2.45, 2.75) is 69.3 Å². The molecule has 1 aromatic carbocycles. The molecule has 1 aromatic rings. The lowest BCUT2D eigenvalue weighted by Crippen LogP contribution is -2.59. The smallest absolute Gasteiger partial charge is 0.326 e. The Morgan fingerprint density at radius 1 is 0.810 bits per heavy atom. The lowest BCUT2D eigenvalue weighted by atomic mass is 10.0. The normalized spacial score (nSPS) is 14.3. The summed E-state index contributed by atoms with van der Waals surface area (Å²) in [5.74, 6) is -4.08. The maximum absolute atomic E-state index is 13.2. The number of nitrogens with zero attached hydrogens (tertiary/aromatic N) is 2. The minimum atomic E-state index is -1.48. The molecule has 0 heterocycles. The highest BCUT2D eigenvalue weighted by atomic mass is 16.4. The number of guanidine groups is 2. The second kappa shape index (κ2) is 17.9. The fourth-order valence-corrected chi connectivity index (χ4v) is 3.69. The number of carbonyl (C=O) groups excluding carboxylic acids is 3. The number of aliphatic hydroxyl groups excluding tert-OH is 1. The molecule has 0 bridgehead atoms. The van der Waals surface area contributed by atoms with Gasteiger partial charge in [0.15, 0.2) is 11.9 Å². The monoisotopic (exact) mass is 594 g/mol. The van der Waals surface area contributed by atoms with Crippen molar-refractivity contribution < 1.29 is 34.5 Å². The van der Waals surface area contributed by atoms with E-state index in [0.717, 1.165) is 0 Å². The maximum atomic E-state index is 13.2. The van der Waals surface area contributed by atoms with Crippen molar-refractivity contribution in [1.29, 1.82) is 0 Å². The molecule has 0 aromatic heterocycles. The lowest BCUT2D eigenvalue weighted by molar-refractivity contribution is -0.142. The number of amides is 3. The van der Waals surface area contributed by atoms with Crippen molar-refractivity contribution in [3.8, 4) is 5.75 Å². The summed E-state index contributed by atoms with van der Waals surface area (Å²) in [7, 11) is 0. The molecule has 0 saturated carbocycles. The molecule has 0 aliphatic rings. The Morgan fingerprint density at radius 3 is 1.83 bits per heavy atom. The van der Waals surface area contributed by atoms with Gasteiger partial charge in [0.25, 0.3) is 0 Å². The molecule has 17 heteroatoms. The van der Waals surface area contributed by atoms with Crippen molar-refractivity contribution in [3.63, 3.8) is 0 Å². The highest BCUT2D eigenvalue weighted by molar-refractivity contribution is 5.94. The van der Waals surface area contributed by atoms with Gasteiger partial charge in [-0.15, -0.1) is 0 Å². The number of phenols is 1. The zero-order chi connectivity index (χ0) is 31.8. The van der Waals surface area contributed by atoms with E-state index in [0.29, 0.717) is 12.0 Å². The van der Waals surface area contributed by atoms with Crippen LogP contribution in [-0.2, 0) is 25.6 Å². The number of carboxylic acid groups (broad SMARTS) is 1. The summed E-state index contributed by atoms with van der Waals surface area (Å²) in [6.45, 7) is 1.62. The fraction of sp³-hybridized carbons (Fsp3) is 0.520. The van der Waals surface area contributed by atoms with Crippen LogP contribution in [0, 0.1) is 0 Å². The van der Waals surface area contributed by atoms with E-state index in [4.69, 9.17) is 28.7 Å². The number of carbonyl (C=O) groups is 4. The van der Waals surface area contributed by atoms with Gasteiger partial charge >= 0.3 is 5.97 Å². The number of aliphatic carboxylic acids is 1. The van der Waals surface area contributed by atoms with E-state index in [9.17, 15) is 34.5 Å². The van der Waals surface area contributed by atoms with Gasteiger partial charge in [0, 0.05) is 19.5 Å². The van der Waals surface area contributed by atoms with Gasteiger partial charge in [-0.2, -0.15) is 0 Å². The van der Waals surface area contributed by atoms with Gasteiger partial charge in [0.2, 0.25) is 17.7 Å². The molecule has 3 amide bonds. The van der Waals surface area contributed by atoms with Gasteiger partial charge in [0.05, 0.1) is 12.1 Å². The van der Waals surface area contributed by atoms with Crippen LogP contribution in [0.25, 0.3) is 0 Å². The van der Waals surface area contributed by atoms with Crippen molar-refractivity contribution in [1.82, 2.24) is 16.0 Å². The predicted molar refractivity (Wildman–Crippen MR) is 155 cm³/mol. The molecule has 0 radical (unpaired) electrons. The molecule has 5 unspecified atom stereocenters. The summed E-state index contributed by atoms with van der Waals surface area (Å²) in [6, 6.07) is 0.598. The van der Waals surface area contributed by atoms with Crippen LogP contribution < -0.4 is 44.6 Å². The van der Waals surface area contributed by atoms with Crippen molar-refractivity contribution in [2.75, 3.05) is 13.1 Å². The maximum Gasteiger partial charge on any atom is 0.326 e. The van der Waals surface area contributed by atoms with Crippen LogP contribution in [0.2, 0.25) is 0 Å². The van der Waals surface area contributed by atoms with Crippen LogP contribution in [0.3, 0.4) is 0 Å². The Morgan fingerprint density at radius 2 is 1.33 bits per heavy atom. The Bertz CT molecular complexity index is 1100. The van der Waals surface area contributed by atoms with Crippen LogP contribution in [-0.4, -0.2) is 94.3 Å². The van der Waals surface area contributed by atoms with Gasteiger partial charge in [-0.3, -0.25) is 24.4 Å². The van der Waals surface area contributed by atoms with Crippen molar-refractivity contribution in [2.24, 2.45) is 38.7 Å². The highest BCUT2D eigenvalue weighted by Gasteiger charge is 2.32. The van der Waals surface area contributed by atoms with E-state index in [1.165, 1.54) is 31.2 Å². The molecule has 1 rings (SSSR count). The zero-order valence-electron chi connectivity index (χ0n) is 23.4. The summed E-state index contributed by atoms with van der Waals surface area (Å²) in [6.07, 6.45) is -0.712. The molecule has 16 N–H and O–H groups in total. The highest BCUT2D eigenvalue weighted by Crippen LogP contribution is 2.12. The standard InChI is InChI=1S/C25H42N10O7/c1-13(36)19(35-20(38)16(26)4-2-10-31-24(27)28)22(40)33-17(5-3-11-32-25(29)30)21(39)34-18(23(41)42)12-14-6-8-15(37)9-7-14/h6-9,13,16-19,36-37H,2-5,10-12,26H2,1H3,(H,33,40)(H,34,39)(H,35,38)(H,41,42)(H4,27,28,31)(H4,29,30,32). The number of rotatable bonds is 18. The summed E-state index contributed by atoms with van der Waals surface area (Å²) >= 11 is 0. The molecule has 0 aliphatic heterocycles. The Balaban J connectivity index is 3.00. The summed E-state index contributed by atoms with van der Waals surface area (Å²) < 4.78 is 0. The first-order chi connectivity index (χ1) is 19.7. The molecule has 5 atom stereocenters. The second-order valence-electron chi connectivity index (χ2n) is 9.56. The van der Waals surface area contributed by atoms with Gasteiger partial charge in [0.1, 0.15) is 23.9 Å². The fourth-order valence-electron chi connectivity index (χ4n) is 3.69. The number of hydrogen-bond donors (Lipinski definition) is 11. The van der Waals surface area contributed by atoms with Crippen LogP contribution in [0.15, 0.2) is 34.3 Å². The molecule has 234 valence electrons. The van der Waals surface area contributed by atoms with E-state index in [1.54, 1.807) is 0 Å². The molecular weight excluding hydrogens is 552 g/mol. The molecule has 42 heavy (non-hydrogen) atoms. The number of carboxylic acids is 1. The molecule has 0 saturated heterocycles. The van der Waals surface area contributed by atoms with Gasteiger partial charge in [-0.1, -0.05) is 12.1 Å². The zero-order valence-corrected chi connectivity index (χ0v) is 23.4. The van der Waals surface area contributed by atoms with Crippen molar-refractivity contribution in [3.05, 3.63) is 29.8 Å². The summed E-state index contributed by atoms with van der Waals surface area (Å²) in [5.41, 5.74) is 27.6. The quantitative estimate of drug-likeness (QED) is 0.0444. The third kappa shape index (κ3) is 13.6. The lowest BCUT2D eigenvalue weighted by Gasteiger charge is -2.26.